The molecule has 1 aromatic heterocycles. The highest BCUT2D eigenvalue weighted by Crippen LogP contribution is 2.13. The van der Waals surface area contributed by atoms with E-state index >= 15 is 0 Å². The summed E-state index contributed by atoms with van der Waals surface area (Å²) in [5, 5.41) is 16.3. The standard InChI is InChI=1S/C8H11N2O3/c1-8(2,3)13-7(12)5-4-6(11)10-9-5/h4H,1-3H3,(H,9,10). The molecule has 0 aliphatic carbocycles. The first kappa shape index (κ1) is 9.57. The van der Waals surface area contributed by atoms with Crippen molar-refractivity contribution in [1.82, 2.24) is 10.2 Å². The van der Waals surface area contributed by atoms with Gasteiger partial charge in [-0.1, -0.05) is 0 Å². The second-order valence-corrected chi connectivity index (χ2v) is 3.62. The molecule has 0 aliphatic rings. The molecule has 13 heavy (non-hydrogen) atoms. The maximum Gasteiger partial charge on any atom is 0.359 e. The number of hydrogen-bond donors (Lipinski definition) is 1. The minimum Gasteiger partial charge on any atom is -0.455 e. The first-order valence-electron chi connectivity index (χ1n) is 3.84. The lowest BCUT2D eigenvalue weighted by Crippen LogP contribution is -2.24. The van der Waals surface area contributed by atoms with Crippen LogP contribution in [0.1, 0.15) is 31.3 Å². The lowest BCUT2D eigenvalue weighted by molar-refractivity contribution is 0.00627. The molecule has 0 saturated heterocycles. The predicted octanol–water partition coefficient (Wildman–Crippen LogP) is 1.51. The largest absolute Gasteiger partial charge is 0.455 e. The molecule has 1 rings (SSSR count). The zero-order valence-electron chi connectivity index (χ0n) is 7.75. The first-order valence-corrected chi connectivity index (χ1v) is 3.84. The van der Waals surface area contributed by atoms with Crippen molar-refractivity contribution in [3.8, 4) is 5.88 Å². The summed E-state index contributed by atoms with van der Waals surface area (Å²) in [7, 11) is 0. The Morgan fingerprint density at radius 2 is 2.15 bits per heavy atom. The Balaban J connectivity index is 2.70. The van der Waals surface area contributed by atoms with Crippen molar-refractivity contribution in [2.45, 2.75) is 26.4 Å². The monoisotopic (exact) mass is 183 g/mol. The third kappa shape index (κ3) is 2.77. The number of aromatic nitrogens is 2. The molecular formula is C8H11N2O3. The fourth-order valence-corrected chi connectivity index (χ4v) is 0.739. The number of rotatable bonds is 1. The number of esters is 1. The average Bonchev–Trinajstić information content (AvgIpc) is 2.31. The van der Waals surface area contributed by atoms with E-state index in [0.29, 0.717) is 0 Å². The van der Waals surface area contributed by atoms with Gasteiger partial charge in [0.1, 0.15) is 5.60 Å². The SMILES string of the molecule is CC(C)(C)OC(=O)c1cc([O])[nH]n1. The lowest BCUT2D eigenvalue weighted by Gasteiger charge is -2.18. The topological polar surface area (TPSA) is 74.9 Å². The van der Waals surface area contributed by atoms with Gasteiger partial charge >= 0.3 is 5.97 Å². The van der Waals surface area contributed by atoms with Crippen molar-refractivity contribution in [1.29, 1.82) is 0 Å². The lowest BCUT2D eigenvalue weighted by atomic mass is 10.2. The van der Waals surface area contributed by atoms with Gasteiger partial charge in [0, 0.05) is 6.07 Å². The van der Waals surface area contributed by atoms with Crippen LogP contribution in [0.3, 0.4) is 0 Å². The maximum absolute atomic E-state index is 11.2. The third-order valence-electron chi connectivity index (χ3n) is 1.16. The number of H-pyrrole nitrogens is 1. The van der Waals surface area contributed by atoms with Crippen LogP contribution in [0.2, 0.25) is 0 Å². The van der Waals surface area contributed by atoms with Gasteiger partial charge < -0.3 is 4.74 Å². The number of aromatic amines is 1. The third-order valence-corrected chi connectivity index (χ3v) is 1.16. The van der Waals surface area contributed by atoms with Gasteiger partial charge in [0.05, 0.1) is 0 Å². The molecule has 0 aliphatic heterocycles. The molecule has 1 aromatic rings. The van der Waals surface area contributed by atoms with E-state index < -0.39 is 17.5 Å². The predicted molar refractivity (Wildman–Crippen MR) is 43.9 cm³/mol. The van der Waals surface area contributed by atoms with Crippen LogP contribution in [-0.2, 0) is 9.84 Å². The van der Waals surface area contributed by atoms with Gasteiger partial charge in [-0.05, 0) is 20.8 Å². The number of carbonyl (C=O) groups excluding carboxylic acids is 1. The molecule has 0 atom stereocenters. The molecule has 5 nitrogen and oxygen atoms in total. The van der Waals surface area contributed by atoms with E-state index in [0.717, 1.165) is 6.07 Å². The van der Waals surface area contributed by atoms with Crippen LogP contribution in [0, 0.1) is 0 Å². The van der Waals surface area contributed by atoms with Gasteiger partial charge in [-0.3, -0.25) is 5.11 Å². The zero-order valence-corrected chi connectivity index (χ0v) is 7.75. The van der Waals surface area contributed by atoms with Crippen LogP contribution in [-0.4, -0.2) is 21.8 Å². The van der Waals surface area contributed by atoms with E-state index in [1.807, 2.05) is 0 Å². The molecule has 0 amide bonds. The van der Waals surface area contributed by atoms with E-state index in [2.05, 4.69) is 10.2 Å². The van der Waals surface area contributed by atoms with Gasteiger partial charge in [0.25, 0.3) is 5.88 Å². The minimum atomic E-state index is -0.592. The Kier molecular flexibility index (Phi) is 2.27. The second-order valence-electron chi connectivity index (χ2n) is 3.62. The van der Waals surface area contributed by atoms with Gasteiger partial charge in [-0.25, -0.2) is 9.89 Å². The minimum absolute atomic E-state index is 0.0138. The van der Waals surface area contributed by atoms with E-state index in [1.54, 1.807) is 20.8 Å². The molecule has 0 saturated carbocycles. The van der Waals surface area contributed by atoms with Crippen molar-refractivity contribution in [3.63, 3.8) is 0 Å². The summed E-state index contributed by atoms with van der Waals surface area (Å²) in [4.78, 5) is 11.2. The smallest absolute Gasteiger partial charge is 0.359 e. The van der Waals surface area contributed by atoms with Gasteiger partial charge in [0.15, 0.2) is 5.69 Å². The highest BCUT2D eigenvalue weighted by molar-refractivity contribution is 5.87. The van der Waals surface area contributed by atoms with Crippen molar-refractivity contribution in [2.24, 2.45) is 0 Å². The molecule has 1 heterocycles. The van der Waals surface area contributed by atoms with Crippen molar-refractivity contribution < 1.29 is 14.6 Å². The number of nitrogens with one attached hydrogen (secondary N) is 1. The Labute approximate surface area is 75.7 Å². The molecule has 1 radical (unpaired) electrons. The van der Waals surface area contributed by atoms with E-state index in [4.69, 9.17) is 4.74 Å². The summed E-state index contributed by atoms with van der Waals surface area (Å²) >= 11 is 0. The number of ether oxygens (including phenoxy) is 1. The fourth-order valence-electron chi connectivity index (χ4n) is 0.739. The van der Waals surface area contributed by atoms with Crippen molar-refractivity contribution in [2.75, 3.05) is 0 Å². The molecule has 5 heteroatoms. The van der Waals surface area contributed by atoms with E-state index in [1.165, 1.54) is 0 Å². The van der Waals surface area contributed by atoms with Crippen LogP contribution in [0.4, 0.5) is 0 Å². The van der Waals surface area contributed by atoms with E-state index in [-0.39, 0.29) is 5.69 Å². The Bertz CT molecular complexity index is 311. The molecular weight excluding hydrogens is 172 g/mol. The van der Waals surface area contributed by atoms with Crippen LogP contribution in [0.15, 0.2) is 6.07 Å². The van der Waals surface area contributed by atoms with Gasteiger partial charge in [0.2, 0.25) is 0 Å². The molecule has 0 fully saturated rings. The summed E-state index contributed by atoms with van der Waals surface area (Å²) in [6.07, 6.45) is 0. The number of carbonyl (C=O) groups is 1. The van der Waals surface area contributed by atoms with Crippen LogP contribution >= 0.6 is 0 Å². The van der Waals surface area contributed by atoms with Crippen molar-refractivity contribution >= 4 is 5.97 Å². The van der Waals surface area contributed by atoms with E-state index in [9.17, 15) is 9.90 Å². The number of hydrogen-bond acceptors (Lipinski definition) is 3. The molecule has 0 aromatic carbocycles. The first-order chi connectivity index (χ1) is 5.88. The summed E-state index contributed by atoms with van der Waals surface area (Å²) in [5.41, 5.74) is -0.557. The molecule has 1 N–H and O–H groups in total. The summed E-state index contributed by atoms with van der Waals surface area (Å²) in [5.74, 6) is -0.994. The second kappa shape index (κ2) is 3.08. The molecule has 0 spiro atoms. The highest BCUT2D eigenvalue weighted by Gasteiger charge is 2.20. The van der Waals surface area contributed by atoms with Gasteiger partial charge in [-0.2, -0.15) is 5.10 Å². The quantitative estimate of drug-likeness (QED) is 0.670. The van der Waals surface area contributed by atoms with Crippen LogP contribution in [0.5, 0.6) is 5.88 Å². The molecule has 0 bridgehead atoms. The van der Waals surface area contributed by atoms with Crippen LogP contribution in [0.25, 0.3) is 0 Å². The Hall–Kier alpha value is -1.52. The highest BCUT2D eigenvalue weighted by atomic mass is 16.6. The summed E-state index contributed by atoms with van der Waals surface area (Å²) in [6.45, 7) is 5.24. The molecule has 71 valence electrons. The fraction of sp³-hybridized carbons (Fsp3) is 0.500. The van der Waals surface area contributed by atoms with Gasteiger partial charge in [-0.15, -0.1) is 0 Å². The molecule has 0 unspecified atom stereocenters. The van der Waals surface area contributed by atoms with Crippen LogP contribution < -0.4 is 0 Å². The van der Waals surface area contributed by atoms with Crippen molar-refractivity contribution in [3.05, 3.63) is 11.8 Å². The zero-order chi connectivity index (χ0) is 10.1. The average molecular weight is 183 g/mol. The normalized spacial score (nSPS) is 11.3. The maximum atomic E-state index is 11.2. The summed E-state index contributed by atoms with van der Waals surface area (Å²) < 4.78 is 4.98. The Morgan fingerprint density at radius 1 is 1.54 bits per heavy atom. The summed E-state index contributed by atoms with van der Waals surface area (Å²) in [6, 6.07) is 1.11. The number of nitrogens with zero attached hydrogens (tertiary/aromatic N) is 1. The Morgan fingerprint density at radius 3 is 2.54 bits per heavy atom.